The summed E-state index contributed by atoms with van der Waals surface area (Å²) >= 11 is 0. The van der Waals surface area contributed by atoms with E-state index in [-0.39, 0.29) is 17.4 Å². The summed E-state index contributed by atoms with van der Waals surface area (Å²) in [5.41, 5.74) is 1.33. The Labute approximate surface area is 191 Å². The highest BCUT2D eigenvalue weighted by molar-refractivity contribution is 6.05. The van der Waals surface area contributed by atoms with Gasteiger partial charge in [0.1, 0.15) is 5.75 Å². The Hall–Kier alpha value is -4.01. The van der Waals surface area contributed by atoms with E-state index in [2.05, 4.69) is 5.32 Å². The van der Waals surface area contributed by atoms with Gasteiger partial charge in [-0.3, -0.25) is 4.79 Å². The lowest BCUT2D eigenvalue weighted by Crippen LogP contribution is -2.15. The molecule has 4 nitrogen and oxygen atoms in total. The number of hydrogen-bond acceptors (Lipinski definition) is 3. The lowest BCUT2D eigenvalue weighted by atomic mass is 10.0. The van der Waals surface area contributed by atoms with Crippen molar-refractivity contribution < 1.29 is 36.3 Å². The number of carbonyl (C=O) groups excluding carboxylic acids is 2. The molecule has 34 heavy (non-hydrogen) atoms. The van der Waals surface area contributed by atoms with Crippen LogP contribution >= 0.6 is 0 Å². The smallest absolute Gasteiger partial charge is 0.409 e. The van der Waals surface area contributed by atoms with E-state index in [4.69, 9.17) is 4.74 Å². The van der Waals surface area contributed by atoms with E-state index in [9.17, 15) is 31.5 Å². The number of aryl methyl sites for hydroxylation is 2. The summed E-state index contributed by atoms with van der Waals surface area (Å²) in [4.78, 5) is 24.9. The summed E-state index contributed by atoms with van der Waals surface area (Å²) in [6, 6.07) is 11.6. The number of ether oxygens (including phenoxy) is 1. The number of anilines is 1. The summed E-state index contributed by atoms with van der Waals surface area (Å²) in [6.45, 7) is 3.28. The Kier molecular flexibility index (Phi) is 7.14. The molecule has 1 N–H and O–H groups in total. The number of amides is 1. The molecule has 0 spiro atoms. The highest BCUT2D eigenvalue weighted by Crippen LogP contribution is 2.26. The summed E-state index contributed by atoms with van der Waals surface area (Å²) in [5.74, 6) is -4.32. The molecule has 0 heterocycles. The number of esters is 1. The van der Waals surface area contributed by atoms with Crippen LogP contribution in [0.4, 0.5) is 27.6 Å². The molecule has 9 heteroatoms. The minimum Gasteiger partial charge on any atom is -0.423 e. The van der Waals surface area contributed by atoms with Gasteiger partial charge in [0.05, 0.1) is 5.56 Å². The van der Waals surface area contributed by atoms with Crippen LogP contribution in [0.2, 0.25) is 0 Å². The summed E-state index contributed by atoms with van der Waals surface area (Å²) < 4.78 is 69.5. The van der Waals surface area contributed by atoms with Crippen molar-refractivity contribution >= 4 is 23.6 Å². The number of carbonyl (C=O) groups is 2. The Morgan fingerprint density at radius 2 is 1.59 bits per heavy atom. The zero-order chi connectivity index (χ0) is 25.0. The van der Waals surface area contributed by atoms with E-state index in [1.165, 1.54) is 36.4 Å². The number of alkyl halides is 3. The highest BCUT2D eigenvalue weighted by atomic mass is 19.4. The van der Waals surface area contributed by atoms with Gasteiger partial charge in [0.15, 0.2) is 11.6 Å². The van der Waals surface area contributed by atoms with Gasteiger partial charge in [-0.1, -0.05) is 18.2 Å². The third-order valence-corrected chi connectivity index (χ3v) is 4.74. The van der Waals surface area contributed by atoms with Crippen LogP contribution in [-0.4, -0.2) is 18.1 Å². The molecule has 0 aliphatic carbocycles. The van der Waals surface area contributed by atoms with Crippen molar-refractivity contribution in [3.05, 3.63) is 100 Å². The molecule has 3 aromatic carbocycles. The molecule has 176 valence electrons. The fourth-order valence-electron chi connectivity index (χ4n) is 3.19. The minimum atomic E-state index is -4.44. The fourth-order valence-corrected chi connectivity index (χ4v) is 3.19. The van der Waals surface area contributed by atoms with Crippen LogP contribution in [0.25, 0.3) is 6.08 Å². The molecule has 0 bridgehead atoms. The quantitative estimate of drug-likeness (QED) is 0.256. The van der Waals surface area contributed by atoms with Crippen LogP contribution in [0, 0.1) is 25.5 Å². The molecule has 0 unspecified atom stereocenters. The Bertz CT molecular complexity index is 1260. The van der Waals surface area contributed by atoms with Crippen molar-refractivity contribution in [1.29, 1.82) is 0 Å². The molecular formula is C25H18F5NO3. The van der Waals surface area contributed by atoms with Crippen LogP contribution in [0.1, 0.15) is 37.4 Å². The molecule has 0 aliphatic heterocycles. The van der Waals surface area contributed by atoms with Gasteiger partial charge in [-0.15, -0.1) is 0 Å². The first kappa shape index (κ1) is 24.6. The molecule has 3 aromatic rings. The summed E-state index contributed by atoms with van der Waals surface area (Å²) in [6.07, 6.45) is -3.38. The third-order valence-electron chi connectivity index (χ3n) is 4.74. The Morgan fingerprint density at radius 1 is 0.941 bits per heavy atom. The molecule has 3 rings (SSSR count). The number of rotatable bonds is 5. The van der Waals surface area contributed by atoms with Crippen LogP contribution in [0.15, 0.2) is 60.7 Å². The monoisotopic (exact) mass is 475 g/mol. The molecular weight excluding hydrogens is 457 g/mol. The van der Waals surface area contributed by atoms with Crippen molar-refractivity contribution in [3.63, 3.8) is 0 Å². The number of hydrogen-bond donors (Lipinski definition) is 1. The van der Waals surface area contributed by atoms with Gasteiger partial charge in [-0.25, -0.2) is 13.6 Å². The molecule has 0 saturated heterocycles. The van der Waals surface area contributed by atoms with E-state index in [0.29, 0.717) is 22.4 Å². The van der Waals surface area contributed by atoms with Gasteiger partial charge in [-0.2, -0.15) is 13.2 Å². The predicted molar refractivity (Wildman–Crippen MR) is 117 cm³/mol. The van der Waals surface area contributed by atoms with Crippen molar-refractivity contribution in [2.45, 2.75) is 20.0 Å². The molecule has 0 atom stereocenters. The van der Waals surface area contributed by atoms with Gasteiger partial charge in [-0.05, 0) is 73.0 Å². The maximum atomic E-state index is 13.8. The van der Waals surface area contributed by atoms with E-state index in [1.54, 1.807) is 13.8 Å². The number of nitrogens with one attached hydrogen (secondary N) is 1. The first-order valence-electron chi connectivity index (χ1n) is 9.89. The van der Waals surface area contributed by atoms with Gasteiger partial charge in [0, 0.05) is 17.3 Å². The SMILES string of the molecule is Cc1cc(C=CC(F)(F)F)cc(C)c1NC(=O)c1cccc(OC(=O)c2cccc(F)c2F)c1. The topological polar surface area (TPSA) is 55.4 Å². The maximum Gasteiger partial charge on any atom is 0.409 e. The van der Waals surface area contributed by atoms with Crippen molar-refractivity contribution in [2.75, 3.05) is 5.32 Å². The molecule has 0 aliphatic rings. The first-order chi connectivity index (χ1) is 15.9. The third kappa shape index (κ3) is 6.06. The average Bonchev–Trinajstić information content (AvgIpc) is 2.76. The van der Waals surface area contributed by atoms with Crippen molar-refractivity contribution in [1.82, 2.24) is 0 Å². The normalized spacial score (nSPS) is 11.5. The fraction of sp³-hybridized carbons (Fsp3) is 0.120. The molecule has 0 saturated carbocycles. The second kappa shape index (κ2) is 9.86. The number of halogens is 5. The Morgan fingerprint density at radius 3 is 2.24 bits per heavy atom. The minimum absolute atomic E-state index is 0.0672. The van der Waals surface area contributed by atoms with E-state index < -0.39 is 35.3 Å². The number of benzene rings is 3. The van der Waals surface area contributed by atoms with Gasteiger partial charge >= 0.3 is 12.1 Å². The van der Waals surface area contributed by atoms with Crippen molar-refractivity contribution in [2.24, 2.45) is 0 Å². The van der Waals surface area contributed by atoms with E-state index >= 15 is 0 Å². The largest absolute Gasteiger partial charge is 0.423 e. The lowest BCUT2D eigenvalue weighted by Gasteiger charge is -2.14. The molecule has 1 amide bonds. The molecule has 0 aromatic heterocycles. The van der Waals surface area contributed by atoms with E-state index in [1.807, 2.05) is 0 Å². The van der Waals surface area contributed by atoms with Gasteiger partial charge in [0.25, 0.3) is 5.91 Å². The summed E-state index contributed by atoms with van der Waals surface area (Å²) in [7, 11) is 0. The standard InChI is InChI=1S/C25H18F5NO3/c1-14-11-16(9-10-25(28,29)30)12-15(2)22(14)31-23(32)17-5-3-6-18(13-17)34-24(33)19-7-4-8-20(26)21(19)27/h3-13H,1-2H3,(H,31,32). The second-order valence-electron chi connectivity index (χ2n) is 7.38. The van der Waals surface area contributed by atoms with Gasteiger partial charge < -0.3 is 10.1 Å². The number of allylic oxidation sites excluding steroid dienone is 1. The van der Waals surface area contributed by atoms with Crippen LogP contribution in [0.3, 0.4) is 0 Å². The zero-order valence-corrected chi connectivity index (χ0v) is 18.0. The summed E-state index contributed by atoms with van der Waals surface area (Å²) in [5, 5.41) is 2.69. The molecule has 0 radical (unpaired) electrons. The Balaban J connectivity index is 1.77. The van der Waals surface area contributed by atoms with E-state index in [0.717, 1.165) is 24.3 Å². The predicted octanol–water partition coefficient (Wildman–Crippen LogP) is 6.63. The lowest BCUT2D eigenvalue weighted by molar-refractivity contribution is -0.0790. The van der Waals surface area contributed by atoms with Crippen LogP contribution in [-0.2, 0) is 0 Å². The first-order valence-corrected chi connectivity index (χ1v) is 9.89. The van der Waals surface area contributed by atoms with Crippen LogP contribution < -0.4 is 10.1 Å². The zero-order valence-electron chi connectivity index (χ0n) is 18.0. The maximum absolute atomic E-state index is 13.8. The van der Waals surface area contributed by atoms with Gasteiger partial charge in [0.2, 0.25) is 0 Å². The average molecular weight is 475 g/mol. The van der Waals surface area contributed by atoms with Crippen LogP contribution in [0.5, 0.6) is 5.75 Å². The highest BCUT2D eigenvalue weighted by Gasteiger charge is 2.22. The second-order valence-corrected chi connectivity index (χ2v) is 7.38. The molecule has 0 fully saturated rings. The van der Waals surface area contributed by atoms with Crippen molar-refractivity contribution in [3.8, 4) is 5.75 Å².